The fourth-order valence-electron chi connectivity index (χ4n) is 1.85. The second kappa shape index (κ2) is 4.70. The van der Waals surface area contributed by atoms with Crippen LogP contribution < -0.4 is 5.32 Å². The molecule has 2 rings (SSSR count). The molecule has 1 aliphatic carbocycles. The van der Waals surface area contributed by atoms with Crippen molar-refractivity contribution in [1.29, 1.82) is 0 Å². The molecule has 0 spiro atoms. The van der Waals surface area contributed by atoms with Gasteiger partial charge in [-0.3, -0.25) is 0 Å². The third-order valence-electron chi connectivity index (χ3n) is 3.05. The zero-order valence-electron chi connectivity index (χ0n) is 8.97. The summed E-state index contributed by atoms with van der Waals surface area (Å²) in [7, 11) is 0. The Labute approximate surface area is 99.4 Å². The molecular weight excluding hydrogens is 229 g/mol. The summed E-state index contributed by atoms with van der Waals surface area (Å²) in [6.07, 6.45) is 2.83. The first-order valence-corrected chi connectivity index (χ1v) is 5.84. The van der Waals surface area contributed by atoms with Gasteiger partial charge >= 0.3 is 0 Å². The van der Waals surface area contributed by atoms with Crippen molar-refractivity contribution in [3.8, 4) is 0 Å². The molecular formula is C12H15ClFNO. The van der Waals surface area contributed by atoms with Crippen LogP contribution in [-0.4, -0.2) is 17.3 Å². The van der Waals surface area contributed by atoms with Crippen LogP contribution in [0.2, 0.25) is 5.02 Å². The number of nitrogens with one attached hydrogen (secondary N) is 1. The molecule has 16 heavy (non-hydrogen) atoms. The molecule has 0 radical (unpaired) electrons. The van der Waals surface area contributed by atoms with Crippen molar-refractivity contribution < 1.29 is 9.50 Å². The minimum absolute atomic E-state index is 0.140. The van der Waals surface area contributed by atoms with Gasteiger partial charge < -0.3 is 10.4 Å². The zero-order chi connectivity index (χ0) is 11.6. The SMILES string of the molecule is OC1(CNCc2ccc(F)c(Cl)c2)CCC1. The van der Waals surface area contributed by atoms with Gasteiger partial charge in [0, 0.05) is 13.1 Å². The molecule has 0 aromatic heterocycles. The Hall–Kier alpha value is -0.640. The van der Waals surface area contributed by atoms with E-state index in [0.29, 0.717) is 13.1 Å². The molecule has 2 N–H and O–H groups in total. The lowest BCUT2D eigenvalue weighted by Crippen LogP contribution is -2.45. The van der Waals surface area contributed by atoms with Crippen LogP contribution in [0.4, 0.5) is 4.39 Å². The quantitative estimate of drug-likeness (QED) is 0.852. The number of rotatable bonds is 4. The van der Waals surface area contributed by atoms with E-state index in [1.165, 1.54) is 6.07 Å². The number of halogens is 2. The first kappa shape index (κ1) is 11.8. The van der Waals surface area contributed by atoms with Crippen molar-refractivity contribution in [2.24, 2.45) is 0 Å². The molecule has 0 atom stereocenters. The van der Waals surface area contributed by atoms with Crippen molar-refractivity contribution in [3.63, 3.8) is 0 Å². The van der Waals surface area contributed by atoms with Crippen molar-refractivity contribution >= 4 is 11.6 Å². The van der Waals surface area contributed by atoms with E-state index >= 15 is 0 Å². The third kappa shape index (κ3) is 2.73. The van der Waals surface area contributed by atoms with Crippen LogP contribution in [0.1, 0.15) is 24.8 Å². The topological polar surface area (TPSA) is 32.3 Å². The Morgan fingerprint density at radius 1 is 1.44 bits per heavy atom. The average Bonchev–Trinajstić information content (AvgIpc) is 2.21. The molecule has 0 aliphatic heterocycles. The summed E-state index contributed by atoms with van der Waals surface area (Å²) in [6, 6.07) is 4.66. The molecule has 1 fully saturated rings. The molecule has 0 amide bonds. The Morgan fingerprint density at radius 3 is 2.75 bits per heavy atom. The minimum Gasteiger partial charge on any atom is -0.389 e. The molecule has 0 heterocycles. The lowest BCUT2D eigenvalue weighted by Gasteiger charge is -2.36. The van der Waals surface area contributed by atoms with E-state index in [1.807, 2.05) is 0 Å². The highest BCUT2D eigenvalue weighted by molar-refractivity contribution is 6.30. The van der Waals surface area contributed by atoms with E-state index in [1.54, 1.807) is 12.1 Å². The van der Waals surface area contributed by atoms with E-state index in [9.17, 15) is 9.50 Å². The van der Waals surface area contributed by atoms with Gasteiger partial charge in [0.1, 0.15) is 5.82 Å². The Bertz CT molecular complexity index is 379. The summed E-state index contributed by atoms with van der Waals surface area (Å²) in [4.78, 5) is 0. The van der Waals surface area contributed by atoms with Crippen LogP contribution in [0.3, 0.4) is 0 Å². The number of hydrogen-bond acceptors (Lipinski definition) is 2. The standard InChI is InChI=1S/C12H15ClFNO/c13-10-6-9(2-3-11(10)14)7-15-8-12(16)4-1-5-12/h2-3,6,15-16H,1,4-5,7-8H2. The fraction of sp³-hybridized carbons (Fsp3) is 0.500. The first-order chi connectivity index (χ1) is 7.59. The number of benzene rings is 1. The van der Waals surface area contributed by atoms with Gasteiger partial charge in [-0.05, 0) is 37.0 Å². The van der Waals surface area contributed by atoms with Gasteiger partial charge in [0.15, 0.2) is 0 Å². The van der Waals surface area contributed by atoms with Crippen molar-refractivity contribution in [3.05, 3.63) is 34.6 Å². The van der Waals surface area contributed by atoms with Gasteiger partial charge in [-0.1, -0.05) is 17.7 Å². The lowest BCUT2D eigenvalue weighted by atomic mass is 9.80. The summed E-state index contributed by atoms with van der Waals surface area (Å²) >= 11 is 5.67. The highest BCUT2D eigenvalue weighted by Crippen LogP contribution is 2.30. The summed E-state index contributed by atoms with van der Waals surface area (Å²) in [5.41, 5.74) is 0.401. The molecule has 88 valence electrons. The summed E-state index contributed by atoms with van der Waals surface area (Å²) < 4.78 is 12.9. The normalized spacial score (nSPS) is 18.2. The minimum atomic E-state index is -0.524. The van der Waals surface area contributed by atoms with Crippen LogP contribution in [0.15, 0.2) is 18.2 Å². The van der Waals surface area contributed by atoms with Crippen LogP contribution >= 0.6 is 11.6 Å². The number of hydrogen-bond donors (Lipinski definition) is 2. The lowest BCUT2D eigenvalue weighted by molar-refractivity contribution is -0.0314. The van der Waals surface area contributed by atoms with Crippen LogP contribution in [0.25, 0.3) is 0 Å². The first-order valence-electron chi connectivity index (χ1n) is 5.46. The van der Waals surface area contributed by atoms with E-state index in [2.05, 4.69) is 5.32 Å². The Kier molecular flexibility index (Phi) is 3.47. The zero-order valence-corrected chi connectivity index (χ0v) is 9.73. The predicted octanol–water partition coefficient (Wildman–Crippen LogP) is 2.48. The highest BCUT2D eigenvalue weighted by Gasteiger charge is 2.33. The van der Waals surface area contributed by atoms with Gasteiger partial charge in [0.05, 0.1) is 10.6 Å². The summed E-state index contributed by atoms with van der Waals surface area (Å²) in [5.74, 6) is -0.400. The van der Waals surface area contributed by atoms with Gasteiger partial charge in [-0.25, -0.2) is 4.39 Å². The van der Waals surface area contributed by atoms with Gasteiger partial charge in [0.25, 0.3) is 0 Å². The van der Waals surface area contributed by atoms with Crippen LogP contribution in [0, 0.1) is 5.82 Å². The maximum absolute atomic E-state index is 12.9. The Morgan fingerprint density at radius 2 is 2.19 bits per heavy atom. The molecule has 1 aliphatic rings. The molecule has 0 bridgehead atoms. The van der Waals surface area contributed by atoms with Crippen molar-refractivity contribution in [1.82, 2.24) is 5.32 Å². The number of aliphatic hydroxyl groups is 1. The fourth-order valence-corrected chi connectivity index (χ4v) is 2.05. The smallest absolute Gasteiger partial charge is 0.141 e. The van der Waals surface area contributed by atoms with E-state index in [4.69, 9.17) is 11.6 Å². The summed E-state index contributed by atoms with van der Waals surface area (Å²) in [6.45, 7) is 1.18. The predicted molar refractivity (Wildman–Crippen MR) is 61.9 cm³/mol. The molecule has 1 saturated carbocycles. The Balaban J connectivity index is 1.83. The van der Waals surface area contributed by atoms with Crippen molar-refractivity contribution in [2.75, 3.05) is 6.54 Å². The van der Waals surface area contributed by atoms with E-state index in [0.717, 1.165) is 24.8 Å². The van der Waals surface area contributed by atoms with Crippen LogP contribution in [-0.2, 0) is 6.54 Å². The monoisotopic (exact) mass is 243 g/mol. The third-order valence-corrected chi connectivity index (χ3v) is 3.34. The highest BCUT2D eigenvalue weighted by atomic mass is 35.5. The average molecular weight is 244 g/mol. The second-order valence-electron chi connectivity index (χ2n) is 4.43. The van der Waals surface area contributed by atoms with Crippen molar-refractivity contribution in [2.45, 2.75) is 31.4 Å². The van der Waals surface area contributed by atoms with E-state index in [-0.39, 0.29) is 5.02 Å². The molecule has 1 aromatic carbocycles. The maximum atomic E-state index is 12.9. The van der Waals surface area contributed by atoms with Gasteiger partial charge in [-0.2, -0.15) is 0 Å². The van der Waals surface area contributed by atoms with E-state index < -0.39 is 11.4 Å². The van der Waals surface area contributed by atoms with Gasteiger partial charge in [0.2, 0.25) is 0 Å². The molecule has 1 aromatic rings. The molecule has 0 unspecified atom stereocenters. The maximum Gasteiger partial charge on any atom is 0.141 e. The summed E-state index contributed by atoms with van der Waals surface area (Å²) in [5, 5.41) is 13.1. The largest absolute Gasteiger partial charge is 0.389 e. The second-order valence-corrected chi connectivity index (χ2v) is 4.84. The molecule has 0 saturated heterocycles. The van der Waals surface area contributed by atoms with Gasteiger partial charge in [-0.15, -0.1) is 0 Å². The molecule has 4 heteroatoms. The van der Waals surface area contributed by atoms with Crippen LogP contribution in [0.5, 0.6) is 0 Å². The molecule has 2 nitrogen and oxygen atoms in total.